The average Bonchev–Trinajstić information content (AvgIpc) is 2.65. The van der Waals surface area contributed by atoms with Crippen molar-refractivity contribution in [3.63, 3.8) is 0 Å². The molecule has 0 radical (unpaired) electrons. The molecule has 1 fully saturated rings. The van der Waals surface area contributed by atoms with Crippen molar-refractivity contribution in [2.75, 3.05) is 13.2 Å². The number of aliphatic hydroxyl groups excluding tert-OH is 3. The number of benzene rings is 1. The van der Waals surface area contributed by atoms with E-state index in [0.29, 0.717) is 0 Å². The molecule has 6 heteroatoms. The molecule has 0 aliphatic carbocycles. The van der Waals surface area contributed by atoms with Crippen molar-refractivity contribution in [3.8, 4) is 0 Å². The summed E-state index contributed by atoms with van der Waals surface area (Å²) in [6, 6.07) is 9.32. The minimum absolute atomic E-state index is 0.249. The second-order valence-corrected chi connectivity index (χ2v) is 4.60. The number of hydrogen-bond acceptors (Lipinski definition) is 6. The maximum absolute atomic E-state index is 10.0. The Morgan fingerprint density at radius 1 is 1.21 bits per heavy atom. The summed E-state index contributed by atoms with van der Waals surface area (Å²) >= 11 is 0. The molecular formula is C13H18O6. The summed E-state index contributed by atoms with van der Waals surface area (Å²) in [6.07, 6.45) is -3.86. The zero-order valence-corrected chi connectivity index (χ0v) is 10.3. The van der Waals surface area contributed by atoms with E-state index in [-0.39, 0.29) is 13.2 Å². The predicted molar refractivity (Wildman–Crippen MR) is 65.0 cm³/mol. The van der Waals surface area contributed by atoms with E-state index in [1.165, 1.54) is 0 Å². The fraction of sp³-hybridized carbons (Fsp3) is 0.538. The van der Waals surface area contributed by atoms with Crippen LogP contribution in [0.15, 0.2) is 30.3 Å². The lowest BCUT2D eigenvalue weighted by molar-refractivity contribution is -0.256. The molecule has 1 saturated heterocycles. The van der Waals surface area contributed by atoms with Gasteiger partial charge >= 0.3 is 0 Å². The third-order valence-corrected chi connectivity index (χ3v) is 3.12. The van der Waals surface area contributed by atoms with Crippen LogP contribution in [0.4, 0.5) is 0 Å². The standard InChI is InChI=1S/C13H18O6/c14-6-10-11(15)12(16)13(17,19-10)8-18-7-9-4-2-1-3-5-9/h1-5,10-12,14-17H,6-8H2/t10-,11-,12+,13?/m1/s1. The molecule has 0 aromatic heterocycles. The number of aliphatic hydroxyl groups is 4. The largest absolute Gasteiger partial charge is 0.394 e. The summed E-state index contributed by atoms with van der Waals surface area (Å²) < 4.78 is 10.3. The highest BCUT2D eigenvalue weighted by Gasteiger charge is 2.53. The van der Waals surface area contributed by atoms with E-state index in [1.807, 2.05) is 30.3 Å². The summed E-state index contributed by atoms with van der Waals surface area (Å²) in [4.78, 5) is 0. The van der Waals surface area contributed by atoms with Crippen LogP contribution < -0.4 is 0 Å². The van der Waals surface area contributed by atoms with Crippen LogP contribution in [0.1, 0.15) is 5.56 Å². The van der Waals surface area contributed by atoms with Crippen LogP contribution in [0.2, 0.25) is 0 Å². The average molecular weight is 270 g/mol. The van der Waals surface area contributed by atoms with Crippen molar-refractivity contribution in [2.24, 2.45) is 0 Å². The Balaban J connectivity index is 1.88. The van der Waals surface area contributed by atoms with Gasteiger partial charge in [-0.25, -0.2) is 0 Å². The van der Waals surface area contributed by atoms with Gasteiger partial charge in [-0.15, -0.1) is 0 Å². The SMILES string of the molecule is OC[C@H]1OC(O)(COCc2ccccc2)[C@@H](O)[C@@H]1O. The first-order valence-corrected chi connectivity index (χ1v) is 6.05. The molecule has 0 amide bonds. The fourth-order valence-corrected chi connectivity index (χ4v) is 2.03. The Labute approximate surface area is 110 Å². The maximum Gasteiger partial charge on any atom is 0.219 e. The molecule has 1 aromatic carbocycles. The topological polar surface area (TPSA) is 99.4 Å². The van der Waals surface area contributed by atoms with Crippen molar-refractivity contribution < 1.29 is 29.9 Å². The molecule has 106 valence electrons. The Morgan fingerprint density at radius 2 is 1.89 bits per heavy atom. The Hall–Kier alpha value is -1.02. The molecule has 1 aromatic rings. The highest BCUT2D eigenvalue weighted by atomic mass is 16.7. The van der Waals surface area contributed by atoms with Gasteiger partial charge in [-0.3, -0.25) is 0 Å². The van der Waals surface area contributed by atoms with E-state index in [9.17, 15) is 15.3 Å². The van der Waals surface area contributed by atoms with E-state index in [4.69, 9.17) is 14.6 Å². The summed E-state index contributed by atoms with van der Waals surface area (Å²) in [5.41, 5.74) is 0.915. The van der Waals surface area contributed by atoms with Crippen LogP contribution in [0, 0.1) is 0 Å². The number of hydrogen-bond donors (Lipinski definition) is 4. The zero-order valence-electron chi connectivity index (χ0n) is 10.3. The van der Waals surface area contributed by atoms with Gasteiger partial charge in [0.1, 0.15) is 24.9 Å². The van der Waals surface area contributed by atoms with Gasteiger partial charge in [-0.1, -0.05) is 30.3 Å². The van der Waals surface area contributed by atoms with Crippen molar-refractivity contribution >= 4 is 0 Å². The second kappa shape index (κ2) is 5.96. The predicted octanol–water partition coefficient (Wildman–Crippen LogP) is -0.995. The van der Waals surface area contributed by atoms with Crippen molar-refractivity contribution in [2.45, 2.75) is 30.7 Å². The van der Waals surface area contributed by atoms with Crippen LogP contribution >= 0.6 is 0 Å². The summed E-state index contributed by atoms with van der Waals surface area (Å²) in [6.45, 7) is -0.533. The molecule has 1 heterocycles. The molecule has 6 nitrogen and oxygen atoms in total. The Bertz CT molecular complexity index is 397. The maximum atomic E-state index is 10.0. The minimum Gasteiger partial charge on any atom is -0.394 e. The Kier molecular flexibility index (Phi) is 4.51. The molecule has 0 spiro atoms. The van der Waals surface area contributed by atoms with Crippen LogP contribution in [0.5, 0.6) is 0 Å². The van der Waals surface area contributed by atoms with Crippen molar-refractivity contribution in [1.29, 1.82) is 0 Å². The van der Waals surface area contributed by atoms with Gasteiger partial charge in [0.2, 0.25) is 5.79 Å². The first-order valence-electron chi connectivity index (χ1n) is 6.05. The molecule has 0 bridgehead atoms. The van der Waals surface area contributed by atoms with Crippen LogP contribution in [-0.4, -0.2) is 57.7 Å². The lowest BCUT2D eigenvalue weighted by Gasteiger charge is -2.25. The molecule has 4 N–H and O–H groups in total. The third kappa shape index (κ3) is 3.11. The van der Waals surface area contributed by atoms with E-state index in [0.717, 1.165) is 5.56 Å². The number of rotatable bonds is 5. The van der Waals surface area contributed by atoms with Crippen molar-refractivity contribution in [3.05, 3.63) is 35.9 Å². The molecule has 1 aliphatic heterocycles. The van der Waals surface area contributed by atoms with Crippen LogP contribution in [-0.2, 0) is 16.1 Å². The lowest BCUT2D eigenvalue weighted by Crippen LogP contribution is -2.46. The second-order valence-electron chi connectivity index (χ2n) is 4.60. The normalized spacial score (nSPS) is 34.6. The van der Waals surface area contributed by atoms with Gasteiger partial charge in [0.25, 0.3) is 0 Å². The van der Waals surface area contributed by atoms with Gasteiger partial charge in [0.05, 0.1) is 13.2 Å². The summed E-state index contributed by atoms with van der Waals surface area (Å²) in [7, 11) is 0. The van der Waals surface area contributed by atoms with Gasteiger partial charge in [0, 0.05) is 0 Å². The van der Waals surface area contributed by atoms with Crippen LogP contribution in [0.25, 0.3) is 0 Å². The molecule has 1 aliphatic rings. The highest BCUT2D eigenvalue weighted by molar-refractivity contribution is 5.13. The minimum atomic E-state index is -2.00. The molecule has 19 heavy (non-hydrogen) atoms. The lowest BCUT2D eigenvalue weighted by atomic mass is 10.1. The first-order chi connectivity index (χ1) is 9.07. The van der Waals surface area contributed by atoms with Crippen molar-refractivity contribution in [1.82, 2.24) is 0 Å². The van der Waals surface area contributed by atoms with Crippen LogP contribution in [0.3, 0.4) is 0 Å². The summed E-state index contributed by atoms with van der Waals surface area (Å²) in [5, 5.41) is 38.2. The van der Waals surface area contributed by atoms with Gasteiger partial charge in [-0.2, -0.15) is 0 Å². The molecule has 0 saturated carbocycles. The molecule has 4 atom stereocenters. The highest BCUT2D eigenvalue weighted by Crippen LogP contribution is 2.29. The molecule has 2 rings (SSSR count). The quantitative estimate of drug-likeness (QED) is 0.548. The zero-order chi connectivity index (χ0) is 13.9. The Morgan fingerprint density at radius 3 is 2.47 bits per heavy atom. The smallest absolute Gasteiger partial charge is 0.219 e. The summed E-state index contributed by atoms with van der Waals surface area (Å²) in [5.74, 6) is -2.00. The third-order valence-electron chi connectivity index (χ3n) is 3.12. The molecule has 1 unspecified atom stereocenters. The molecular weight excluding hydrogens is 252 g/mol. The van der Waals surface area contributed by atoms with E-state index in [2.05, 4.69) is 0 Å². The van der Waals surface area contributed by atoms with Gasteiger partial charge in [0.15, 0.2) is 0 Å². The van der Waals surface area contributed by atoms with Gasteiger partial charge < -0.3 is 29.9 Å². The monoisotopic (exact) mass is 270 g/mol. The van der Waals surface area contributed by atoms with E-state index in [1.54, 1.807) is 0 Å². The first kappa shape index (κ1) is 14.4. The number of ether oxygens (including phenoxy) is 2. The van der Waals surface area contributed by atoms with Gasteiger partial charge in [-0.05, 0) is 5.56 Å². The van der Waals surface area contributed by atoms with E-state index >= 15 is 0 Å². The fourth-order valence-electron chi connectivity index (χ4n) is 2.03. The van der Waals surface area contributed by atoms with E-state index < -0.39 is 30.7 Å².